The number of ether oxygens (including phenoxy) is 1. The molecule has 0 amide bonds. The third-order valence-electron chi connectivity index (χ3n) is 5.88. The highest BCUT2D eigenvalue weighted by molar-refractivity contribution is 9.10. The van der Waals surface area contributed by atoms with Gasteiger partial charge in [0.2, 0.25) is 0 Å². The monoisotopic (exact) mass is 520 g/mol. The standard InChI is InChI=1S/C29H33BrO2Si/c1-6-25(32-28(7-2)23-18-20-24(30)21-19-23)22-31-33(29(3,4)5,26-14-10-8-11-15-26)27-16-12-9-13-17-27/h6-21,25,28H,1-2,22H2,3-5H3. The molecule has 3 aromatic rings. The Hall–Kier alpha value is -2.24. The lowest BCUT2D eigenvalue weighted by Crippen LogP contribution is -2.67. The van der Waals surface area contributed by atoms with E-state index in [1.165, 1.54) is 10.4 Å². The zero-order chi connectivity index (χ0) is 23.9. The topological polar surface area (TPSA) is 18.5 Å². The average molecular weight is 522 g/mol. The summed E-state index contributed by atoms with van der Waals surface area (Å²) in [7, 11) is -2.64. The Morgan fingerprint density at radius 3 is 1.76 bits per heavy atom. The molecule has 0 heterocycles. The third kappa shape index (κ3) is 5.82. The summed E-state index contributed by atoms with van der Waals surface area (Å²) in [6.45, 7) is 15.3. The summed E-state index contributed by atoms with van der Waals surface area (Å²) in [5.41, 5.74) is 1.05. The maximum atomic E-state index is 7.02. The van der Waals surface area contributed by atoms with Gasteiger partial charge in [-0.3, -0.25) is 0 Å². The molecule has 33 heavy (non-hydrogen) atoms. The Kier molecular flexibility index (Phi) is 8.66. The van der Waals surface area contributed by atoms with Crippen molar-refractivity contribution in [3.8, 4) is 0 Å². The van der Waals surface area contributed by atoms with Crippen molar-refractivity contribution >= 4 is 34.6 Å². The average Bonchev–Trinajstić information content (AvgIpc) is 2.82. The molecule has 172 valence electrons. The molecule has 2 unspecified atom stereocenters. The van der Waals surface area contributed by atoms with Crippen LogP contribution in [0.25, 0.3) is 0 Å². The molecule has 3 aromatic carbocycles. The maximum absolute atomic E-state index is 7.02. The molecule has 2 atom stereocenters. The zero-order valence-corrected chi connectivity index (χ0v) is 22.3. The van der Waals surface area contributed by atoms with Gasteiger partial charge < -0.3 is 9.16 Å². The van der Waals surface area contributed by atoms with Crippen LogP contribution in [-0.2, 0) is 9.16 Å². The van der Waals surface area contributed by atoms with Gasteiger partial charge in [0.05, 0.1) is 12.7 Å². The Morgan fingerprint density at radius 1 is 0.818 bits per heavy atom. The van der Waals surface area contributed by atoms with E-state index in [2.05, 4.69) is 111 Å². The van der Waals surface area contributed by atoms with E-state index in [0.29, 0.717) is 6.61 Å². The molecular formula is C29H33BrO2Si. The van der Waals surface area contributed by atoms with Gasteiger partial charge in [-0.05, 0) is 33.1 Å². The SMILES string of the molecule is C=CC(CO[Si](c1ccccc1)(c1ccccc1)C(C)(C)C)OC(C=C)c1ccc(Br)cc1. The second kappa shape index (κ2) is 11.3. The highest BCUT2D eigenvalue weighted by Gasteiger charge is 2.50. The highest BCUT2D eigenvalue weighted by atomic mass is 79.9. The Bertz CT molecular complexity index is 987. The van der Waals surface area contributed by atoms with E-state index in [-0.39, 0.29) is 17.2 Å². The molecule has 0 N–H and O–H groups in total. The number of benzene rings is 3. The molecule has 0 bridgehead atoms. The fourth-order valence-corrected chi connectivity index (χ4v) is 9.08. The third-order valence-corrected chi connectivity index (χ3v) is 11.4. The van der Waals surface area contributed by atoms with Crippen LogP contribution in [-0.4, -0.2) is 21.0 Å². The Labute approximate surface area is 208 Å². The molecule has 0 aliphatic carbocycles. The first-order valence-electron chi connectivity index (χ1n) is 11.2. The fraction of sp³-hybridized carbons (Fsp3) is 0.241. The fourth-order valence-electron chi connectivity index (χ4n) is 4.24. The lowest BCUT2D eigenvalue weighted by Gasteiger charge is -2.43. The van der Waals surface area contributed by atoms with Crippen LogP contribution in [0.1, 0.15) is 32.4 Å². The van der Waals surface area contributed by atoms with E-state index >= 15 is 0 Å². The van der Waals surface area contributed by atoms with E-state index in [1.807, 2.05) is 36.4 Å². The van der Waals surface area contributed by atoms with Crippen LogP contribution in [0.3, 0.4) is 0 Å². The van der Waals surface area contributed by atoms with Gasteiger partial charge in [0.15, 0.2) is 0 Å². The quantitative estimate of drug-likeness (QED) is 0.215. The zero-order valence-electron chi connectivity index (χ0n) is 19.7. The summed E-state index contributed by atoms with van der Waals surface area (Å²) in [6, 6.07) is 29.4. The normalized spacial score (nSPS) is 13.8. The molecule has 0 saturated carbocycles. The predicted molar refractivity (Wildman–Crippen MR) is 146 cm³/mol. The first-order chi connectivity index (χ1) is 15.8. The molecule has 3 rings (SSSR count). The van der Waals surface area contributed by atoms with Gasteiger partial charge in [-0.15, -0.1) is 13.2 Å². The first-order valence-corrected chi connectivity index (χ1v) is 13.9. The smallest absolute Gasteiger partial charge is 0.261 e. The van der Waals surface area contributed by atoms with Crippen LogP contribution in [0, 0.1) is 0 Å². The van der Waals surface area contributed by atoms with Crippen molar-refractivity contribution in [2.45, 2.75) is 38.0 Å². The lowest BCUT2D eigenvalue weighted by molar-refractivity contribution is 0.0119. The summed E-state index contributed by atoms with van der Waals surface area (Å²) >= 11 is 3.49. The summed E-state index contributed by atoms with van der Waals surface area (Å²) in [4.78, 5) is 0. The predicted octanol–water partition coefficient (Wildman–Crippen LogP) is 6.82. The van der Waals surface area contributed by atoms with Crippen molar-refractivity contribution in [3.63, 3.8) is 0 Å². The highest BCUT2D eigenvalue weighted by Crippen LogP contribution is 2.37. The van der Waals surface area contributed by atoms with Gasteiger partial charge in [-0.2, -0.15) is 0 Å². The van der Waals surface area contributed by atoms with Crippen LogP contribution in [0.4, 0.5) is 0 Å². The minimum atomic E-state index is -2.64. The van der Waals surface area contributed by atoms with E-state index in [1.54, 1.807) is 0 Å². The van der Waals surface area contributed by atoms with Crippen molar-refractivity contribution in [2.75, 3.05) is 6.61 Å². The minimum Gasteiger partial charge on any atom is -0.404 e. The Morgan fingerprint density at radius 2 is 1.33 bits per heavy atom. The molecule has 0 spiro atoms. The van der Waals surface area contributed by atoms with E-state index in [4.69, 9.17) is 9.16 Å². The van der Waals surface area contributed by atoms with Gasteiger partial charge in [-0.1, -0.05) is 122 Å². The summed E-state index contributed by atoms with van der Waals surface area (Å²) < 4.78 is 14.5. The van der Waals surface area contributed by atoms with Gasteiger partial charge >= 0.3 is 0 Å². The molecule has 2 nitrogen and oxygen atoms in total. The van der Waals surface area contributed by atoms with E-state index in [9.17, 15) is 0 Å². The largest absolute Gasteiger partial charge is 0.404 e. The van der Waals surface area contributed by atoms with Crippen LogP contribution in [0.5, 0.6) is 0 Å². The molecule has 0 radical (unpaired) electrons. The Balaban J connectivity index is 1.93. The van der Waals surface area contributed by atoms with Crippen LogP contribution in [0.15, 0.2) is 115 Å². The van der Waals surface area contributed by atoms with Gasteiger partial charge in [0.25, 0.3) is 8.32 Å². The van der Waals surface area contributed by atoms with E-state index < -0.39 is 8.32 Å². The van der Waals surface area contributed by atoms with Gasteiger partial charge in [0.1, 0.15) is 6.10 Å². The van der Waals surface area contributed by atoms with Crippen LogP contribution < -0.4 is 10.4 Å². The van der Waals surface area contributed by atoms with Crippen molar-refractivity contribution in [1.29, 1.82) is 0 Å². The lowest BCUT2D eigenvalue weighted by atomic mass is 10.1. The van der Waals surface area contributed by atoms with Crippen molar-refractivity contribution in [2.24, 2.45) is 0 Å². The number of rotatable bonds is 10. The molecule has 0 saturated heterocycles. The molecule has 0 fully saturated rings. The molecule has 0 aromatic heterocycles. The van der Waals surface area contributed by atoms with Crippen molar-refractivity contribution < 1.29 is 9.16 Å². The molecule has 4 heteroatoms. The summed E-state index contributed by atoms with van der Waals surface area (Å²) in [5, 5.41) is 2.41. The second-order valence-electron chi connectivity index (χ2n) is 9.09. The maximum Gasteiger partial charge on any atom is 0.261 e. The van der Waals surface area contributed by atoms with E-state index in [0.717, 1.165) is 10.0 Å². The minimum absolute atomic E-state index is 0.0923. The van der Waals surface area contributed by atoms with Crippen molar-refractivity contribution in [1.82, 2.24) is 0 Å². The molecular weight excluding hydrogens is 488 g/mol. The molecule has 0 aliphatic heterocycles. The number of hydrogen-bond donors (Lipinski definition) is 0. The number of hydrogen-bond acceptors (Lipinski definition) is 2. The first kappa shape index (κ1) is 25.4. The van der Waals surface area contributed by atoms with Gasteiger partial charge in [0, 0.05) is 4.47 Å². The number of halogens is 1. The van der Waals surface area contributed by atoms with Gasteiger partial charge in [-0.25, -0.2) is 0 Å². The molecule has 0 aliphatic rings. The van der Waals surface area contributed by atoms with Crippen LogP contribution >= 0.6 is 15.9 Å². The summed E-state index contributed by atoms with van der Waals surface area (Å²) in [6.07, 6.45) is 3.12. The van der Waals surface area contributed by atoms with Crippen molar-refractivity contribution in [3.05, 3.63) is 120 Å². The summed E-state index contributed by atoms with van der Waals surface area (Å²) in [5.74, 6) is 0. The second-order valence-corrected chi connectivity index (χ2v) is 14.3. The van der Waals surface area contributed by atoms with Crippen LogP contribution in [0.2, 0.25) is 5.04 Å².